The molecule has 19 heavy (non-hydrogen) atoms. The first-order valence-corrected chi connectivity index (χ1v) is 7.18. The number of aromatic nitrogens is 1. The van der Waals surface area contributed by atoms with Gasteiger partial charge in [-0.25, -0.2) is 13.4 Å². The van der Waals surface area contributed by atoms with Crippen LogP contribution in [0.5, 0.6) is 0 Å². The second-order valence-corrected chi connectivity index (χ2v) is 5.79. The molecule has 0 aromatic carbocycles. The predicted molar refractivity (Wildman–Crippen MR) is 68.0 cm³/mol. The fourth-order valence-corrected chi connectivity index (χ4v) is 1.92. The van der Waals surface area contributed by atoms with Gasteiger partial charge in [-0.05, 0) is 11.6 Å². The number of rotatable bonds is 5. The molecule has 0 spiro atoms. The number of amides is 2. The Balaban J connectivity index is 3.16. The van der Waals surface area contributed by atoms with Crippen LogP contribution in [0.1, 0.15) is 22.3 Å². The fourth-order valence-electron chi connectivity index (χ4n) is 1.33. The standard InChI is InChI=1S/C11H14N3O4S/c1-13-9(15)4-3-7-5-10(19(2,17)18)14-6-8(7)11(12)16/h3,5-6H,4H2,1-2H3,(H2,12,16)(H,13,15). The van der Waals surface area contributed by atoms with Crippen molar-refractivity contribution in [2.45, 2.75) is 11.4 Å². The molecule has 7 nitrogen and oxygen atoms in total. The number of sulfone groups is 1. The normalized spacial score (nSPS) is 11.1. The number of carbonyl (C=O) groups is 2. The van der Waals surface area contributed by atoms with Crippen LogP contribution < -0.4 is 11.1 Å². The second-order valence-electron chi connectivity index (χ2n) is 3.83. The molecule has 8 heteroatoms. The molecule has 0 aliphatic carbocycles. The van der Waals surface area contributed by atoms with E-state index in [9.17, 15) is 18.0 Å². The largest absolute Gasteiger partial charge is 0.366 e. The summed E-state index contributed by atoms with van der Waals surface area (Å²) < 4.78 is 22.8. The summed E-state index contributed by atoms with van der Waals surface area (Å²) in [6.07, 6.45) is 3.52. The SMILES string of the molecule is CNC(=O)C[CH]c1cc(S(C)(=O)=O)ncc1C(N)=O. The fraction of sp³-hybridized carbons (Fsp3) is 0.273. The number of hydrogen-bond donors (Lipinski definition) is 2. The zero-order valence-corrected chi connectivity index (χ0v) is 11.3. The topological polar surface area (TPSA) is 119 Å². The summed E-state index contributed by atoms with van der Waals surface area (Å²) in [4.78, 5) is 26.0. The molecule has 1 rings (SSSR count). The number of carbonyl (C=O) groups excluding carboxylic acids is 2. The summed E-state index contributed by atoms with van der Waals surface area (Å²) >= 11 is 0. The summed E-state index contributed by atoms with van der Waals surface area (Å²) in [6.45, 7) is 0. The third-order valence-electron chi connectivity index (χ3n) is 2.34. The molecule has 1 aromatic rings. The van der Waals surface area contributed by atoms with Gasteiger partial charge in [-0.15, -0.1) is 0 Å². The Morgan fingerprint density at radius 2 is 2.11 bits per heavy atom. The van der Waals surface area contributed by atoms with Crippen molar-refractivity contribution in [1.29, 1.82) is 0 Å². The van der Waals surface area contributed by atoms with Crippen molar-refractivity contribution in [1.82, 2.24) is 10.3 Å². The average molecular weight is 284 g/mol. The molecular formula is C11H14N3O4S. The van der Waals surface area contributed by atoms with Crippen LogP contribution in [0.3, 0.4) is 0 Å². The van der Waals surface area contributed by atoms with Crippen molar-refractivity contribution in [3.8, 4) is 0 Å². The lowest BCUT2D eigenvalue weighted by Gasteiger charge is -2.07. The average Bonchev–Trinajstić information content (AvgIpc) is 2.34. The first-order valence-electron chi connectivity index (χ1n) is 5.29. The van der Waals surface area contributed by atoms with Gasteiger partial charge in [0.25, 0.3) is 5.91 Å². The van der Waals surface area contributed by atoms with Gasteiger partial charge in [0.15, 0.2) is 14.9 Å². The van der Waals surface area contributed by atoms with E-state index in [1.54, 1.807) is 0 Å². The Kier molecular flexibility index (Phi) is 4.60. The molecule has 3 N–H and O–H groups in total. The predicted octanol–water partition coefficient (Wildman–Crippen LogP) is -0.728. The summed E-state index contributed by atoms with van der Waals surface area (Å²) in [5.41, 5.74) is 5.50. The highest BCUT2D eigenvalue weighted by Gasteiger charge is 2.16. The van der Waals surface area contributed by atoms with Crippen molar-refractivity contribution >= 4 is 21.7 Å². The molecule has 1 aromatic heterocycles. The van der Waals surface area contributed by atoms with E-state index in [4.69, 9.17) is 5.73 Å². The third kappa shape index (κ3) is 4.02. The number of nitrogens with two attached hydrogens (primary N) is 1. The summed E-state index contributed by atoms with van der Waals surface area (Å²) in [6, 6.07) is 1.22. The Morgan fingerprint density at radius 1 is 1.47 bits per heavy atom. The van der Waals surface area contributed by atoms with Crippen molar-refractivity contribution in [2.75, 3.05) is 13.3 Å². The molecule has 1 radical (unpaired) electrons. The van der Waals surface area contributed by atoms with Crippen LogP contribution in [0, 0.1) is 6.42 Å². The number of hydrogen-bond acceptors (Lipinski definition) is 5. The molecule has 1 heterocycles. The lowest BCUT2D eigenvalue weighted by molar-refractivity contribution is -0.119. The molecule has 2 amide bonds. The van der Waals surface area contributed by atoms with Crippen molar-refractivity contribution in [2.24, 2.45) is 5.73 Å². The van der Waals surface area contributed by atoms with Gasteiger partial charge in [-0.1, -0.05) is 0 Å². The van der Waals surface area contributed by atoms with E-state index in [0.29, 0.717) is 0 Å². The number of nitrogens with zero attached hydrogens (tertiary/aromatic N) is 1. The Bertz CT molecular complexity index is 610. The van der Waals surface area contributed by atoms with E-state index in [1.807, 2.05) is 0 Å². The van der Waals surface area contributed by atoms with Crippen LogP contribution in [0.2, 0.25) is 0 Å². The van der Waals surface area contributed by atoms with Crippen LogP contribution in [-0.2, 0) is 14.6 Å². The van der Waals surface area contributed by atoms with Gasteiger partial charge in [0, 0.05) is 32.3 Å². The molecule has 0 saturated heterocycles. The first-order chi connectivity index (χ1) is 8.75. The molecule has 0 aliphatic heterocycles. The minimum absolute atomic E-state index is 0.00396. The minimum Gasteiger partial charge on any atom is -0.366 e. The minimum atomic E-state index is -3.50. The zero-order valence-electron chi connectivity index (χ0n) is 10.5. The lowest BCUT2D eigenvalue weighted by atomic mass is 10.0. The summed E-state index contributed by atoms with van der Waals surface area (Å²) in [5, 5.41) is 2.23. The summed E-state index contributed by atoms with van der Waals surface area (Å²) in [5.74, 6) is -1.01. The second kappa shape index (κ2) is 5.79. The van der Waals surface area contributed by atoms with E-state index in [0.717, 1.165) is 12.5 Å². The molecule has 0 saturated carbocycles. The van der Waals surface area contributed by atoms with Gasteiger partial charge < -0.3 is 11.1 Å². The van der Waals surface area contributed by atoms with E-state index in [2.05, 4.69) is 10.3 Å². The van der Waals surface area contributed by atoms with E-state index < -0.39 is 15.7 Å². The van der Waals surface area contributed by atoms with Crippen LogP contribution in [0.4, 0.5) is 0 Å². The van der Waals surface area contributed by atoms with E-state index in [1.165, 1.54) is 19.5 Å². The quantitative estimate of drug-likeness (QED) is 0.739. The van der Waals surface area contributed by atoms with Crippen LogP contribution in [-0.4, -0.2) is 38.5 Å². The monoisotopic (exact) mass is 284 g/mol. The highest BCUT2D eigenvalue weighted by molar-refractivity contribution is 7.90. The third-order valence-corrected chi connectivity index (χ3v) is 3.33. The Hall–Kier alpha value is -1.96. The lowest BCUT2D eigenvalue weighted by Crippen LogP contribution is -2.19. The number of primary amides is 1. The highest BCUT2D eigenvalue weighted by atomic mass is 32.2. The van der Waals surface area contributed by atoms with Gasteiger partial charge in [-0.3, -0.25) is 9.59 Å². The Morgan fingerprint density at radius 3 is 2.58 bits per heavy atom. The molecular weight excluding hydrogens is 270 g/mol. The molecule has 103 valence electrons. The van der Waals surface area contributed by atoms with Crippen molar-refractivity contribution < 1.29 is 18.0 Å². The van der Waals surface area contributed by atoms with Crippen molar-refractivity contribution in [3.05, 3.63) is 29.8 Å². The highest BCUT2D eigenvalue weighted by Crippen LogP contribution is 2.16. The molecule has 0 bridgehead atoms. The van der Waals surface area contributed by atoms with Gasteiger partial charge in [0.2, 0.25) is 5.91 Å². The van der Waals surface area contributed by atoms with Gasteiger partial charge in [0.05, 0.1) is 5.56 Å². The van der Waals surface area contributed by atoms with Gasteiger partial charge >= 0.3 is 0 Å². The van der Waals surface area contributed by atoms with Crippen molar-refractivity contribution in [3.63, 3.8) is 0 Å². The molecule has 0 aliphatic rings. The zero-order chi connectivity index (χ0) is 14.6. The number of pyridine rings is 1. The summed E-state index contributed by atoms with van der Waals surface area (Å²) in [7, 11) is -2.02. The van der Waals surface area contributed by atoms with Gasteiger partial charge in [-0.2, -0.15) is 0 Å². The van der Waals surface area contributed by atoms with Crippen LogP contribution >= 0.6 is 0 Å². The maximum absolute atomic E-state index is 11.4. The van der Waals surface area contributed by atoms with Crippen LogP contribution in [0.25, 0.3) is 0 Å². The Labute approximate surface area is 111 Å². The molecule has 0 atom stereocenters. The van der Waals surface area contributed by atoms with E-state index >= 15 is 0 Å². The maximum atomic E-state index is 11.4. The van der Waals surface area contributed by atoms with E-state index in [-0.39, 0.29) is 28.5 Å². The smallest absolute Gasteiger partial charge is 0.250 e. The molecule has 0 unspecified atom stereocenters. The van der Waals surface area contributed by atoms with Crippen LogP contribution in [0.15, 0.2) is 17.3 Å². The molecule has 0 fully saturated rings. The van der Waals surface area contributed by atoms with Gasteiger partial charge in [0.1, 0.15) is 0 Å². The number of nitrogens with one attached hydrogen (secondary N) is 1. The first kappa shape index (κ1) is 15.1. The maximum Gasteiger partial charge on any atom is 0.250 e.